The molecule has 0 radical (unpaired) electrons. The molecule has 0 fully saturated rings. The van der Waals surface area contributed by atoms with Crippen molar-refractivity contribution in [2.24, 2.45) is 10.9 Å². The van der Waals surface area contributed by atoms with E-state index in [-0.39, 0.29) is 11.9 Å². The number of allylic oxidation sites excluding steroid dienone is 2. The third-order valence-electron chi connectivity index (χ3n) is 7.40. The molecule has 0 spiro atoms. The van der Waals surface area contributed by atoms with Gasteiger partial charge < -0.3 is 10.1 Å². The SMILES string of the molecule is Cc1ccc2c(c1)[C@@H]1C=CC[C@@H]1[C@H](c1ccc(N=Cc3cc(Br)ccc3OCc3ccc(F)cc3)cc1)N2. The van der Waals surface area contributed by atoms with Crippen LogP contribution >= 0.6 is 15.9 Å². The highest BCUT2D eigenvalue weighted by Gasteiger charge is 2.37. The summed E-state index contributed by atoms with van der Waals surface area (Å²) < 4.78 is 20.2. The molecule has 3 nitrogen and oxygen atoms in total. The van der Waals surface area contributed by atoms with Crippen LogP contribution in [-0.4, -0.2) is 6.21 Å². The van der Waals surface area contributed by atoms with Gasteiger partial charge in [-0.15, -0.1) is 0 Å². The molecule has 0 unspecified atom stereocenters. The van der Waals surface area contributed by atoms with Crippen LogP contribution < -0.4 is 10.1 Å². The summed E-state index contributed by atoms with van der Waals surface area (Å²) in [4.78, 5) is 4.74. The maximum atomic E-state index is 13.2. The van der Waals surface area contributed by atoms with E-state index in [1.807, 2.05) is 24.4 Å². The molecule has 2 aliphatic rings. The van der Waals surface area contributed by atoms with Crippen LogP contribution in [0.1, 0.15) is 46.2 Å². The van der Waals surface area contributed by atoms with E-state index in [0.29, 0.717) is 18.4 Å². The van der Waals surface area contributed by atoms with Crippen molar-refractivity contribution in [3.63, 3.8) is 0 Å². The highest BCUT2D eigenvalue weighted by molar-refractivity contribution is 9.10. The number of ether oxygens (including phenoxy) is 1. The molecule has 5 heteroatoms. The average Bonchev–Trinajstić information content (AvgIpc) is 3.43. The molecule has 1 aliphatic carbocycles. The topological polar surface area (TPSA) is 33.6 Å². The summed E-state index contributed by atoms with van der Waals surface area (Å²) in [6.45, 7) is 2.51. The van der Waals surface area contributed by atoms with Crippen molar-refractivity contribution in [2.45, 2.75) is 31.9 Å². The van der Waals surface area contributed by atoms with E-state index < -0.39 is 0 Å². The Hall–Kier alpha value is -3.70. The van der Waals surface area contributed by atoms with Gasteiger partial charge in [0.05, 0.1) is 11.7 Å². The second kappa shape index (κ2) is 10.6. The monoisotopic (exact) mass is 566 g/mol. The van der Waals surface area contributed by atoms with Crippen LogP contribution in [0.4, 0.5) is 15.8 Å². The van der Waals surface area contributed by atoms with Gasteiger partial charge in [0.1, 0.15) is 18.2 Å². The van der Waals surface area contributed by atoms with Crippen LogP contribution in [0.15, 0.2) is 107 Å². The molecule has 4 aromatic carbocycles. The summed E-state index contributed by atoms with van der Waals surface area (Å²) in [6.07, 6.45) is 7.62. The van der Waals surface area contributed by atoms with Crippen LogP contribution in [0, 0.1) is 18.7 Å². The van der Waals surface area contributed by atoms with Crippen molar-refractivity contribution in [3.05, 3.63) is 135 Å². The van der Waals surface area contributed by atoms with Gasteiger partial charge in [-0.05, 0) is 84.5 Å². The van der Waals surface area contributed by atoms with Gasteiger partial charge in [0.25, 0.3) is 0 Å². The molecule has 0 bridgehead atoms. The summed E-state index contributed by atoms with van der Waals surface area (Å²) in [6, 6.07) is 27.7. The summed E-state index contributed by atoms with van der Waals surface area (Å²) in [5.41, 5.74) is 7.88. The predicted molar refractivity (Wildman–Crippen MR) is 156 cm³/mol. The van der Waals surface area contributed by atoms with Crippen LogP contribution in [0.3, 0.4) is 0 Å². The number of anilines is 1. The van der Waals surface area contributed by atoms with Gasteiger partial charge in [-0.25, -0.2) is 4.39 Å². The van der Waals surface area contributed by atoms with Crippen LogP contribution in [0.2, 0.25) is 0 Å². The van der Waals surface area contributed by atoms with E-state index in [1.165, 1.54) is 34.5 Å². The van der Waals surface area contributed by atoms with Crippen molar-refractivity contribution < 1.29 is 9.13 Å². The summed E-state index contributed by atoms with van der Waals surface area (Å²) >= 11 is 3.55. The lowest BCUT2D eigenvalue weighted by Gasteiger charge is -2.37. The zero-order chi connectivity index (χ0) is 26.1. The predicted octanol–water partition coefficient (Wildman–Crippen LogP) is 9.05. The zero-order valence-corrected chi connectivity index (χ0v) is 22.7. The molecular weight excluding hydrogens is 539 g/mol. The molecule has 0 amide bonds. The molecule has 6 rings (SSSR count). The molecule has 3 atom stereocenters. The fourth-order valence-electron chi connectivity index (χ4n) is 5.45. The van der Waals surface area contributed by atoms with Crippen LogP contribution in [-0.2, 0) is 6.61 Å². The Bertz CT molecular complexity index is 1510. The quantitative estimate of drug-likeness (QED) is 0.186. The van der Waals surface area contributed by atoms with Crippen molar-refractivity contribution in [3.8, 4) is 5.75 Å². The average molecular weight is 568 g/mol. The van der Waals surface area contributed by atoms with E-state index in [1.54, 1.807) is 12.1 Å². The Labute approximate surface area is 231 Å². The van der Waals surface area contributed by atoms with Crippen molar-refractivity contribution in [1.29, 1.82) is 0 Å². The van der Waals surface area contributed by atoms with Gasteiger partial charge >= 0.3 is 0 Å². The number of nitrogens with one attached hydrogen (secondary N) is 1. The van der Waals surface area contributed by atoms with Crippen molar-refractivity contribution in [1.82, 2.24) is 0 Å². The first-order valence-electron chi connectivity index (χ1n) is 12.9. The largest absolute Gasteiger partial charge is 0.488 e. The second-order valence-electron chi connectivity index (χ2n) is 10.0. The van der Waals surface area contributed by atoms with Gasteiger partial charge in [0, 0.05) is 27.9 Å². The summed E-state index contributed by atoms with van der Waals surface area (Å²) in [5.74, 6) is 1.44. The lowest BCUT2D eigenvalue weighted by molar-refractivity contribution is 0.305. The number of hydrogen-bond donors (Lipinski definition) is 1. The maximum absolute atomic E-state index is 13.2. The molecule has 0 saturated carbocycles. The van der Waals surface area contributed by atoms with Gasteiger partial charge in [-0.3, -0.25) is 4.99 Å². The Morgan fingerprint density at radius 2 is 1.82 bits per heavy atom. The van der Waals surface area contributed by atoms with Gasteiger partial charge in [0.15, 0.2) is 0 Å². The number of nitrogens with zero attached hydrogens (tertiary/aromatic N) is 1. The van der Waals surface area contributed by atoms with E-state index in [2.05, 4.69) is 82.8 Å². The van der Waals surface area contributed by atoms with Crippen LogP contribution in [0.25, 0.3) is 0 Å². The Morgan fingerprint density at radius 1 is 1.00 bits per heavy atom. The molecule has 1 N–H and O–H groups in total. The molecule has 4 aromatic rings. The summed E-state index contributed by atoms with van der Waals surface area (Å²) in [7, 11) is 0. The standard InChI is InChI=1S/C33H28BrFN2O/c1-21-5-15-31-30(17-21)28-3-2-4-29(28)33(37-31)23-8-13-27(14-9-23)36-19-24-18-25(34)10-16-32(24)38-20-22-6-11-26(35)12-7-22/h2-3,5-19,28-29,33,37H,4,20H2,1H3/t28-,29+,33+/m1/s1. The molecule has 1 aliphatic heterocycles. The fourth-order valence-corrected chi connectivity index (χ4v) is 5.83. The zero-order valence-electron chi connectivity index (χ0n) is 21.1. The lowest BCUT2D eigenvalue weighted by atomic mass is 9.76. The Balaban J connectivity index is 1.19. The number of fused-ring (bicyclic) bond motifs is 3. The second-order valence-corrected chi connectivity index (χ2v) is 10.9. The van der Waals surface area contributed by atoms with Crippen molar-refractivity contribution in [2.75, 3.05) is 5.32 Å². The molecule has 190 valence electrons. The number of aryl methyl sites for hydroxylation is 1. The molecule has 38 heavy (non-hydrogen) atoms. The van der Waals surface area contributed by atoms with E-state index in [9.17, 15) is 4.39 Å². The third-order valence-corrected chi connectivity index (χ3v) is 7.90. The first kappa shape index (κ1) is 24.6. The first-order chi connectivity index (χ1) is 18.5. The number of halogens is 2. The molecule has 0 aromatic heterocycles. The van der Waals surface area contributed by atoms with Gasteiger partial charge in [-0.1, -0.05) is 70.0 Å². The van der Waals surface area contributed by atoms with Crippen molar-refractivity contribution >= 4 is 33.5 Å². The molecule has 0 saturated heterocycles. The molecule has 1 heterocycles. The lowest BCUT2D eigenvalue weighted by Crippen LogP contribution is -2.29. The Kier molecular flexibility index (Phi) is 6.86. The minimum Gasteiger partial charge on any atom is -0.488 e. The third kappa shape index (κ3) is 5.16. The highest BCUT2D eigenvalue weighted by atomic mass is 79.9. The minimum absolute atomic E-state index is 0.255. The van der Waals surface area contributed by atoms with Gasteiger partial charge in [-0.2, -0.15) is 0 Å². The normalized spacial score (nSPS) is 19.7. The van der Waals surface area contributed by atoms with Gasteiger partial charge in [0.2, 0.25) is 0 Å². The summed E-state index contributed by atoms with van der Waals surface area (Å²) in [5, 5.41) is 3.81. The van der Waals surface area contributed by atoms with E-state index >= 15 is 0 Å². The number of benzene rings is 4. The number of hydrogen-bond acceptors (Lipinski definition) is 3. The Morgan fingerprint density at radius 3 is 2.63 bits per heavy atom. The first-order valence-corrected chi connectivity index (χ1v) is 13.7. The van der Waals surface area contributed by atoms with E-state index in [4.69, 9.17) is 9.73 Å². The maximum Gasteiger partial charge on any atom is 0.128 e. The highest BCUT2D eigenvalue weighted by Crippen LogP contribution is 2.50. The van der Waals surface area contributed by atoms with E-state index in [0.717, 1.165) is 33.5 Å². The van der Waals surface area contributed by atoms with Crippen LogP contribution in [0.5, 0.6) is 5.75 Å². The number of rotatable bonds is 6. The fraction of sp³-hybridized carbons (Fsp3) is 0.182. The smallest absolute Gasteiger partial charge is 0.128 e. The molecular formula is C33H28BrFN2O. The number of aliphatic imine (C=N–C) groups is 1. The minimum atomic E-state index is -0.255.